The van der Waals surface area contributed by atoms with Crippen LogP contribution in [0.3, 0.4) is 0 Å². The number of methoxy groups -OCH3 is 3. The Bertz CT molecular complexity index is 1630. The summed E-state index contributed by atoms with van der Waals surface area (Å²) in [6.45, 7) is 4.03. The molecule has 2 aromatic heterocycles. The number of imidazole rings is 1. The van der Waals surface area contributed by atoms with E-state index in [1.165, 1.54) is 32.7 Å². The molecule has 2 heterocycles. The average Bonchev–Trinajstić information content (AvgIpc) is 3.36. The number of hydrogen-bond acceptors (Lipinski definition) is 7. The Labute approximate surface area is 205 Å². The molecule has 0 radical (unpaired) electrons. The van der Waals surface area contributed by atoms with Crippen molar-refractivity contribution in [2.45, 2.75) is 6.54 Å². The SMILES string of the molecule is C=CCn1c(=O)c(=Cc2cc(OC)c(OC)c(OC)c2)s/c1=C(/C#N)c1nc2ccccc2n1C. The van der Waals surface area contributed by atoms with Crippen molar-refractivity contribution in [3.63, 3.8) is 0 Å². The van der Waals surface area contributed by atoms with E-state index in [1.807, 2.05) is 35.9 Å². The molecule has 2 aromatic carbocycles. The number of fused-ring (bicyclic) bond motifs is 1. The third kappa shape index (κ3) is 4.20. The van der Waals surface area contributed by atoms with E-state index in [4.69, 9.17) is 14.2 Å². The molecule has 4 rings (SSSR count). The number of aromatic nitrogens is 3. The Hall–Kier alpha value is -4.29. The first kappa shape index (κ1) is 23.9. The van der Waals surface area contributed by atoms with Gasteiger partial charge < -0.3 is 18.8 Å². The van der Waals surface area contributed by atoms with E-state index in [1.54, 1.807) is 28.9 Å². The molecule has 0 N–H and O–H groups in total. The van der Waals surface area contributed by atoms with Crippen LogP contribution in [0.25, 0.3) is 22.7 Å². The van der Waals surface area contributed by atoms with E-state index in [2.05, 4.69) is 17.6 Å². The summed E-state index contributed by atoms with van der Waals surface area (Å²) in [6, 6.07) is 13.4. The van der Waals surface area contributed by atoms with Crippen molar-refractivity contribution in [2.24, 2.45) is 7.05 Å². The van der Waals surface area contributed by atoms with Gasteiger partial charge in [0, 0.05) is 13.6 Å². The topological polar surface area (TPSA) is 91.3 Å². The number of benzene rings is 2. The van der Waals surface area contributed by atoms with Gasteiger partial charge in [-0.05, 0) is 35.9 Å². The summed E-state index contributed by atoms with van der Waals surface area (Å²) in [7, 11) is 6.46. The standard InChI is InChI=1S/C26H24N4O4S/c1-6-11-30-25(31)22(14-16-12-20(32-3)23(34-5)21(13-16)33-4)35-26(30)17(15-27)24-28-18-9-7-8-10-19(18)29(24)2/h6-10,12-14H,1,11H2,2-5H3/b22-14?,26-17-. The van der Waals surface area contributed by atoms with Gasteiger partial charge in [-0.2, -0.15) is 5.26 Å². The van der Waals surface area contributed by atoms with Crippen LogP contribution in [-0.2, 0) is 13.6 Å². The second kappa shape index (κ2) is 9.91. The molecular formula is C26H24N4O4S. The third-order valence-corrected chi connectivity index (χ3v) is 6.67. The highest BCUT2D eigenvalue weighted by Gasteiger charge is 2.17. The zero-order chi connectivity index (χ0) is 25.1. The van der Waals surface area contributed by atoms with Crippen LogP contribution in [0.1, 0.15) is 11.4 Å². The van der Waals surface area contributed by atoms with Crippen LogP contribution in [0.5, 0.6) is 17.2 Å². The van der Waals surface area contributed by atoms with Crippen LogP contribution in [0.4, 0.5) is 0 Å². The van der Waals surface area contributed by atoms with Gasteiger partial charge in [0.15, 0.2) is 17.3 Å². The highest BCUT2D eigenvalue weighted by molar-refractivity contribution is 7.07. The van der Waals surface area contributed by atoms with Gasteiger partial charge in [-0.15, -0.1) is 17.9 Å². The first-order chi connectivity index (χ1) is 17.0. The summed E-state index contributed by atoms with van der Waals surface area (Å²) in [6.07, 6.45) is 3.37. The Morgan fingerprint density at radius 1 is 1.17 bits per heavy atom. The highest BCUT2D eigenvalue weighted by atomic mass is 32.1. The summed E-state index contributed by atoms with van der Waals surface area (Å²) < 4.78 is 20.6. The van der Waals surface area contributed by atoms with Crippen molar-refractivity contribution < 1.29 is 14.2 Å². The molecule has 0 bridgehead atoms. The molecule has 0 fully saturated rings. The molecule has 4 aromatic rings. The molecule has 0 unspecified atom stereocenters. The van der Waals surface area contributed by atoms with Gasteiger partial charge >= 0.3 is 0 Å². The van der Waals surface area contributed by atoms with Crippen LogP contribution >= 0.6 is 11.3 Å². The third-order valence-electron chi connectivity index (χ3n) is 5.54. The summed E-state index contributed by atoms with van der Waals surface area (Å²) >= 11 is 1.23. The number of hydrogen-bond donors (Lipinski definition) is 0. The second-order valence-electron chi connectivity index (χ2n) is 7.55. The van der Waals surface area contributed by atoms with Gasteiger partial charge in [0.2, 0.25) is 5.75 Å². The Balaban J connectivity index is 2.03. The predicted octanol–water partition coefficient (Wildman–Crippen LogP) is 2.56. The van der Waals surface area contributed by atoms with Crippen LogP contribution in [0, 0.1) is 11.3 Å². The maximum atomic E-state index is 13.4. The van der Waals surface area contributed by atoms with Gasteiger partial charge in [-0.25, -0.2) is 4.98 Å². The minimum absolute atomic E-state index is 0.231. The summed E-state index contributed by atoms with van der Waals surface area (Å²) in [5.74, 6) is 1.91. The maximum absolute atomic E-state index is 13.4. The van der Waals surface area contributed by atoms with E-state index in [-0.39, 0.29) is 12.1 Å². The first-order valence-corrected chi connectivity index (χ1v) is 11.5. The van der Waals surface area contributed by atoms with Crippen molar-refractivity contribution in [1.82, 2.24) is 14.1 Å². The normalized spacial score (nSPS) is 12.4. The van der Waals surface area contributed by atoms with Crippen molar-refractivity contribution in [3.05, 3.63) is 80.0 Å². The average molecular weight is 489 g/mol. The monoisotopic (exact) mass is 488 g/mol. The van der Waals surface area contributed by atoms with E-state index in [0.29, 0.717) is 43.4 Å². The molecule has 0 aliphatic heterocycles. The quantitative estimate of drug-likeness (QED) is 0.372. The highest BCUT2D eigenvalue weighted by Crippen LogP contribution is 2.38. The Kier molecular flexibility index (Phi) is 6.75. The summed E-state index contributed by atoms with van der Waals surface area (Å²) in [5.41, 5.74) is 2.45. The van der Waals surface area contributed by atoms with Crippen LogP contribution < -0.4 is 29.0 Å². The van der Waals surface area contributed by atoms with Gasteiger partial charge in [0.05, 0.1) is 36.9 Å². The van der Waals surface area contributed by atoms with E-state index < -0.39 is 0 Å². The van der Waals surface area contributed by atoms with Crippen molar-refractivity contribution in [3.8, 4) is 23.3 Å². The van der Waals surface area contributed by atoms with Gasteiger partial charge in [-0.3, -0.25) is 9.36 Å². The molecule has 35 heavy (non-hydrogen) atoms. The maximum Gasteiger partial charge on any atom is 0.269 e. The summed E-state index contributed by atoms with van der Waals surface area (Å²) in [5, 5.41) is 10.1. The second-order valence-corrected chi connectivity index (χ2v) is 8.58. The number of allylic oxidation sites excluding steroid dienone is 1. The van der Waals surface area contributed by atoms with Gasteiger partial charge in [0.1, 0.15) is 16.3 Å². The molecule has 0 spiro atoms. The lowest BCUT2D eigenvalue weighted by Crippen LogP contribution is -2.32. The number of aryl methyl sites for hydroxylation is 1. The fourth-order valence-corrected chi connectivity index (χ4v) is 5.01. The largest absolute Gasteiger partial charge is 0.493 e. The fourth-order valence-electron chi connectivity index (χ4n) is 3.90. The van der Waals surface area contributed by atoms with Gasteiger partial charge in [0.25, 0.3) is 5.56 Å². The summed E-state index contributed by atoms with van der Waals surface area (Å²) in [4.78, 5) is 18.0. The van der Waals surface area contributed by atoms with Crippen molar-refractivity contribution >= 4 is 34.0 Å². The fraction of sp³-hybridized carbons (Fsp3) is 0.192. The molecular weight excluding hydrogens is 464 g/mol. The lowest BCUT2D eigenvalue weighted by Gasteiger charge is -2.12. The molecule has 0 amide bonds. The zero-order valence-corrected chi connectivity index (χ0v) is 20.7. The van der Waals surface area contributed by atoms with Crippen molar-refractivity contribution in [2.75, 3.05) is 21.3 Å². The molecule has 0 saturated carbocycles. The minimum Gasteiger partial charge on any atom is -0.493 e. The molecule has 0 atom stereocenters. The van der Waals surface area contributed by atoms with Crippen LogP contribution in [0.15, 0.2) is 53.8 Å². The minimum atomic E-state index is -0.231. The molecule has 0 saturated heterocycles. The number of thiazole rings is 1. The van der Waals surface area contributed by atoms with E-state index >= 15 is 0 Å². The lowest BCUT2D eigenvalue weighted by molar-refractivity contribution is 0.324. The number of para-hydroxylation sites is 2. The van der Waals surface area contributed by atoms with Crippen LogP contribution in [-0.4, -0.2) is 35.4 Å². The number of nitriles is 1. The van der Waals surface area contributed by atoms with Gasteiger partial charge in [-0.1, -0.05) is 18.2 Å². The molecule has 0 aliphatic carbocycles. The molecule has 0 aliphatic rings. The Morgan fingerprint density at radius 3 is 2.43 bits per heavy atom. The van der Waals surface area contributed by atoms with Crippen molar-refractivity contribution in [1.29, 1.82) is 5.26 Å². The van der Waals surface area contributed by atoms with Crippen LogP contribution in [0.2, 0.25) is 0 Å². The predicted molar refractivity (Wildman–Crippen MR) is 137 cm³/mol. The Morgan fingerprint density at radius 2 is 1.86 bits per heavy atom. The lowest BCUT2D eigenvalue weighted by atomic mass is 10.1. The van der Waals surface area contributed by atoms with E-state index in [0.717, 1.165) is 11.0 Å². The molecule has 9 heteroatoms. The smallest absolute Gasteiger partial charge is 0.269 e. The molecule has 8 nitrogen and oxygen atoms in total. The first-order valence-electron chi connectivity index (χ1n) is 10.7. The zero-order valence-electron chi connectivity index (χ0n) is 19.9. The number of rotatable bonds is 7. The number of nitrogens with zero attached hydrogens (tertiary/aromatic N) is 4. The number of ether oxygens (including phenoxy) is 3. The van der Waals surface area contributed by atoms with E-state index in [9.17, 15) is 10.1 Å². The molecule has 178 valence electrons.